The fourth-order valence-corrected chi connectivity index (χ4v) is 2.42. The predicted octanol–water partition coefficient (Wildman–Crippen LogP) is 0.395. The Morgan fingerprint density at radius 2 is 2.47 bits per heavy atom. The Kier molecular flexibility index (Phi) is 2.72. The molecule has 0 aliphatic heterocycles. The molecule has 0 spiro atoms. The van der Waals surface area contributed by atoms with E-state index in [1.54, 1.807) is 6.20 Å². The highest BCUT2D eigenvalue weighted by atomic mass is 127. The molecule has 4 N–H and O–H groups in total. The van der Waals surface area contributed by atoms with Crippen LogP contribution in [0, 0.1) is 3.57 Å². The fourth-order valence-electron chi connectivity index (χ4n) is 2.01. The molecule has 1 aliphatic rings. The van der Waals surface area contributed by atoms with Crippen LogP contribution in [0.4, 0.5) is 0 Å². The number of halogens is 1. The van der Waals surface area contributed by atoms with Gasteiger partial charge < -0.3 is 11.5 Å². The number of rotatable bonds is 2. The Labute approximate surface area is 101 Å². The molecule has 0 radical (unpaired) electrons. The number of hydrogen-bond acceptors (Lipinski definition) is 3. The summed E-state index contributed by atoms with van der Waals surface area (Å²) in [6.45, 7) is 0. The minimum absolute atomic E-state index is 0.200. The van der Waals surface area contributed by atoms with Crippen molar-refractivity contribution < 1.29 is 4.79 Å². The van der Waals surface area contributed by atoms with Crippen molar-refractivity contribution in [2.45, 2.75) is 30.8 Å². The Bertz CT molecular complexity index is 391. The van der Waals surface area contributed by atoms with Crippen LogP contribution in [0.3, 0.4) is 0 Å². The van der Waals surface area contributed by atoms with Crippen molar-refractivity contribution in [3.8, 4) is 0 Å². The van der Waals surface area contributed by atoms with Crippen LogP contribution in [0.2, 0.25) is 0 Å². The monoisotopic (exact) mass is 320 g/mol. The van der Waals surface area contributed by atoms with Crippen molar-refractivity contribution in [1.82, 2.24) is 9.78 Å². The number of carbonyl (C=O) groups is 1. The second-order valence-electron chi connectivity index (χ2n) is 4.06. The average molecular weight is 320 g/mol. The van der Waals surface area contributed by atoms with Crippen molar-refractivity contribution in [2.75, 3.05) is 0 Å². The van der Waals surface area contributed by atoms with Crippen LogP contribution in [0.1, 0.15) is 25.3 Å². The summed E-state index contributed by atoms with van der Waals surface area (Å²) in [7, 11) is 0. The lowest BCUT2D eigenvalue weighted by Gasteiger charge is -2.19. The molecule has 1 fully saturated rings. The fraction of sp³-hybridized carbons (Fsp3) is 0.556. The van der Waals surface area contributed by atoms with Gasteiger partial charge in [-0.3, -0.25) is 9.48 Å². The highest BCUT2D eigenvalue weighted by Crippen LogP contribution is 2.35. The molecule has 1 heterocycles. The van der Waals surface area contributed by atoms with Crippen molar-refractivity contribution in [1.29, 1.82) is 0 Å². The second-order valence-corrected chi connectivity index (χ2v) is 5.30. The van der Waals surface area contributed by atoms with Gasteiger partial charge in [-0.15, -0.1) is 0 Å². The predicted molar refractivity (Wildman–Crippen MR) is 63.9 cm³/mol. The number of nitrogens with two attached hydrogens (primary N) is 2. The van der Waals surface area contributed by atoms with Crippen molar-refractivity contribution in [3.63, 3.8) is 0 Å². The second kappa shape index (κ2) is 3.75. The third-order valence-corrected chi connectivity index (χ3v) is 3.52. The van der Waals surface area contributed by atoms with E-state index in [0.717, 1.165) is 9.99 Å². The summed E-state index contributed by atoms with van der Waals surface area (Å²) >= 11 is 2.20. The lowest BCUT2D eigenvalue weighted by molar-refractivity contribution is -0.123. The number of aromatic nitrogens is 2. The van der Waals surface area contributed by atoms with Gasteiger partial charge >= 0.3 is 0 Å². The zero-order valence-corrected chi connectivity index (χ0v) is 10.3. The van der Waals surface area contributed by atoms with E-state index in [9.17, 15) is 4.79 Å². The first kappa shape index (κ1) is 10.9. The quantitative estimate of drug-likeness (QED) is 0.773. The first-order valence-electron chi connectivity index (χ1n) is 4.80. The summed E-state index contributed by atoms with van der Waals surface area (Å²) in [6.07, 6.45) is 5.83. The first-order chi connectivity index (χ1) is 7.01. The normalized spacial score (nSPS) is 30.7. The summed E-state index contributed by atoms with van der Waals surface area (Å²) in [4.78, 5) is 11.2. The van der Waals surface area contributed by atoms with Crippen LogP contribution in [0.5, 0.6) is 0 Å². The maximum atomic E-state index is 11.2. The van der Waals surface area contributed by atoms with Crippen LogP contribution >= 0.6 is 22.6 Å². The van der Waals surface area contributed by atoms with Crippen molar-refractivity contribution in [3.05, 3.63) is 16.0 Å². The van der Waals surface area contributed by atoms with Gasteiger partial charge in [0.15, 0.2) is 0 Å². The molecule has 5 nitrogen and oxygen atoms in total. The molecule has 82 valence electrons. The van der Waals surface area contributed by atoms with Gasteiger partial charge in [0.1, 0.15) is 0 Å². The van der Waals surface area contributed by atoms with Gasteiger partial charge in [-0.05, 0) is 41.9 Å². The summed E-state index contributed by atoms with van der Waals surface area (Å²) in [5.74, 6) is -0.410. The van der Waals surface area contributed by atoms with Gasteiger partial charge in [-0.1, -0.05) is 0 Å². The van der Waals surface area contributed by atoms with Crippen LogP contribution in [-0.4, -0.2) is 21.2 Å². The standard InChI is InChI=1S/C9H13IN4O/c10-6-4-13-14(5-6)7-1-2-9(12,3-7)8(11)15/h4-5,7H,1-3,12H2,(H2,11,15). The third kappa shape index (κ3) is 2.00. The van der Waals surface area contributed by atoms with E-state index < -0.39 is 11.4 Å². The number of carbonyl (C=O) groups excluding carboxylic acids is 1. The lowest BCUT2D eigenvalue weighted by Crippen LogP contribution is -2.49. The van der Waals surface area contributed by atoms with Crippen LogP contribution in [0.15, 0.2) is 12.4 Å². The van der Waals surface area contributed by atoms with Crippen LogP contribution in [-0.2, 0) is 4.79 Å². The molecular formula is C9H13IN4O. The summed E-state index contributed by atoms with van der Waals surface area (Å²) in [5.41, 5.74) is 10.4. The van der Waals surface area contributed by atoms with Gasteiger partial charge in [-0.25, -0.2) is 0 Å². The molecule has 15 heavy (non-hydrogen) atoms. The van der Waals surface area contributed by atoms with Crippen molar-refractivity contribution in [2.24, 2.45) is 11.5 Å². The molecular weight excluding hydrogens is 307 g/mol. The Hall–Kier alpha value is -0.630. The number of primary amides is 1. The zero-order valence-electron chi connectivity index (χ0n) is 8.19. The summed E-state index contributed by atoms with van der Waals surface area (Å²) in [5, 5.41) is 4.22. The van der Waals surface area contributed by atoms with E-state index in [2.05, 4.69) is 27.7 Å². The third-order valence-electron chi connectivity index (χ3n) is 2.96. The maximum Gasteiger partial charge on any atom is 0.237 e. The van der Waals surface area contributed by atoms with Gasteiger partial charge in [0, 0.05) is 6.20 Å². The number of hydrogen-bond donors (Lipinski definition) is 2. The highest BCUT2D eigenvalue weighted by molar-refractivity contribution is 14.1. The summed E-state index contributed by atoms with van der Waals surface area (Å²) in [6, 6.07) is 0.200. The van der Waals surface area contributed by atoms with Crippen molar-refractivity contribution >= 4 is 28.5 Å². The summed E-state index contributed by atoms with van der Waals surface area (Å²) < 4.78 is 2.96. The van der Waals surface area contributed by atoms with E-state index in [4.69, 9.17) is 11.5 Å². The Morgan fingerprint density at radius 3 is 2.93 bits per heavy atom. The van der Waals surface area contributed by atoms with E-state index in [0.29, 0.717) is 12.8 Å². The van der Waals surface area contributed by atoms with Gasteiger partial charge in [0.25, 0.3) is 0 Å². The molecule has 6 heteroatoms. The molecule has 0 bridgehead atoms. The smallest absolute Gasteiger partial charge is 0.237 e. The number of amides is 1. The van der Waals surface area contributed by atoms with E-state index in [1.807, 2.05) is 10.9 Å². The molecule has 2 unspecified atom stereocenters. The Morgan fingerprint density at radius 1 is 1.73 bits per heavy atom. The minimum Gasteiger partial charge on any atom is -0.368 e. The average Bonchev–Trinajstić information content (AvgIpc) is 2.73. The zero-order chi connectivity index (χ0) is 11.1. The molecule has 1 aliphatic carbocycles. The molecule has 2 rings (SSSR count). The van der Waals surface area contributed by atoms with E-state index in [1.165, 1.54) is 0 Å². The molecule has 1 aromatic heterocycles. The Balaban J connectivity index is 2.14. The topological polar surface area (TPSA) is 86.9 Å². The molecule has 1 saturated carbocycles. The molecule has 0 aromatic carbocycles. The first-order valence-corrected chi connectivity index (χ1v) is 5.87. The SMILES string of the molecule is NC(=O)C1(N)CCC(n2cc(I)cn2)C1. The van der Waals surface area contributed by atoms with Gasteiger partial charge in [0.2, 0.25) is 5.91 Å². The molecule has 1 amide bonds. The van der Waals surface area contributed by atoms with Crippen LogP contribution in [0.25, 0.3) is 0 Å². The van der Waals surface area contributed by atoms with Crippen LogP contribution < -0.4 is 11.5 Å². The van der Waals surface area contributed by atoms with Gasteiger partial charge in [0.05, 0.1) is 21.3 Å². The largest absolute Gasteiger partial charge is 0.368 e. The van der Waals surface area contributed by atoms with E-state index >= 15 is 0 Å². The lowest BCUT2D eigenvalue weighted by atomic mass is 9.98. The minimum atomic E-state index is -0.845. The molecule has 2 atom stereocenters. The number of nitrogens with zero attached hydrogens (tertiary/aromatic N) is 2. The molecule has 1 aromatic rings. The maximum absolute atomic E-state index is 11.2. The molecule has 0 saturated heterocycles. The highest BCUT2D eigenvalue weighted by Gasteiger charge is 2.41. The van der Waals surface area contributed by atoms with Gasteiger partial charge in [-0.2, -0.15) is 5.10 Å². The van der Waals surface area contributed by atoms with E-state index in [-0.39, 0.29) is 6.04 Å².